The Morgan fingerprint density at radius 2 is 1.89 bits per heavy atom. The van der Waals surface area contributed by atoms with E-state index in [1.807, 2.05) is 0 Å². The second-order valence-electron chi connectivity index (χ2n) is 4.89. The molecule has 1 heterocycles. The summed E-state index contributed by atoms with van der Waals surface area (Å²) < 4.78 is 12.8. The van der Waals surface area contributed by atoms with E-state index in [2.05, 4.69) is 5.32 Å². The fraction of sp³-hybridized carbons (Fsp3) is 0.385. The van der Waals surface area contributed by atoms with E-state index in [0.717, 1.165) is 5.56 Å². The monoisotopic (exact) mass is 250 g/mol. The third kappa shape index (κ3) is 2.41. The summed E-state index contributed by atoms with van der Waals surface area (Å²) in [5.74, 6) is -0.858. The van der Waals surface area contributed by atoms with Gasteiger partial charge in [0.2, 0.25) is 11.8 Å². The Hall–Kier alpha value is -1.75. The first-order valence-electron chi connectivity index (χ1n) is 5.74. The molecule has 0 spiro atoms. The lowest BCUT2D eigenvalue weighted by Gasteiger charge is -2.36. The van der Waals surface area contributed by atoms with Crippen LogP contribution in [0.1, 0.15) is 19.4 Å². The van der Waals surface area contributed by atoms with Gasteiger partial charge in [-0.25, -0.2) is 4.39 Å². The van der Waals surface area contributed by atoms with Crippen LogP contribution in [0.3, 0.4) is 0 Å². The summed E-state index contributed by atoms with van der Waals surface area (Å²) in [5, 5.41) is 2.88. The molecule has 0 bridgehead atoms. The van der Waals surface area contributed by atoms with Gasteiger partial charge in [-0.1, -0.05) is 12.1 Å². The maximum atomic E-state index is 12.8. The van der Waals surface area contributed by atoms with Gasteiger partial charge in [0, 0.05) is 0 Å². The van der Waals surface area contributed by atoms with Gasteiger partial charge in [0.15, 0.2) is 0 Å². The predicted octanol–water partition coefficient (Wildman–Crippen LogP) is 1.06. The molecule has 0 atom stereocenters. The number of carbonyl (C=O) groups is 2. The second kappa shape index (κ2) is 4.49. The number of hydrogen-bond acceptors (Lipinski definition) is 3. The third-order valence-corrected chi connectivity index (χ3v) is 3.02. The maximum absolute atomic E-state index is 12.8. The zero-order valence-electron chi connectivity index (χ0n) is 10.4. The Kier molecular flexibility index (Phi) is 3.17. The summed E-state index contributed by atoms with van der Waals surface area (Å²) in [6.45, 7) is 3.79. The summed E-state index contributed by atoms with van der Waals surface area (Å²) in [6, 6.07) is 5.78. The van der Waals surface area contributed by atoms with E-state index in [-0.39, 0.29) is 30.7 Å². The van der Waals surface area contributed by atoms with E-state index in [1.165, 1.54) is 17.0 Å². The van der Waals surface area contributed by atoms with Crippen molar-refractivity contribution in [2.75, 3.05) is 6.54 Å². The molecule has 0 saturated carbocycles. The first kappa shape index (κ1) is 12.7. The predicted molar refractivity (Wildman–Crippen MR) is 64.0 cm³/mol. The highest BCUT2D eigenvalue weighted by atomic mass is 19.1. The number of amides is 2. The fourth-order valence-electron chi connectivity index (χ4n) is 1.85. The number of benzene rings is 1. The van der Waals surface area contributed by atoms with Gasteiger partial charge in [-0.3, -0.25) is 19.8 Å². The number of nitrogens with one attached hydrogen (secondary N) is 1. The molecule has 0 radical (unpaired) electrons. The standard InChI is InChI=1S/C13H15FN2O2/c1-13(2)12(18)16(11(17)7-15-13)8-9-3-5-10(14)6-4-9/h3-6,15H,7-8H2,1-2H3. The van der Waals surface area contributed by atoms with Gasteiger partial charge >= 0.3 is 0 Å². The zero-order chi connectivity index (χ0) is 13.3. The first-order chi connectivity index (χ1) is 8.40. The molecule has 0 unspecified atom stereocenters. The van der Waals surface area contributed by atoms with Crippen LogP contribution >= 0.6 is 0 Å². The number of nitrogens with zero attached hydrogens (tertiary/aromatic N) is 1. The molecule has 1 aliphatic heterocycles. The highest BCUT2D eigenvalue weighted by Gasteiger charge is 2.39. The SMILES string of the molecule is CC1(C)NCC(=O)N(Cc2ccc(F)cc2)C1=O. The smallest absolute Gasteiger partial charge is 0.249 e. The number of halogens is 1. The van der Waals surface area contributed by atoms with Crippen LogP contribution in [-0.2, 0) is 16.1 Å². The molecule has 2 amide bonds. The van der Waals surface area contributed by atoms with Crippen LogP contribution in [0.2, 0.25) is 0 Å². The van der Waals surface area contributed by atoms with E-state index in [9.17, 15) is 14.0 Å². The van der Waals surface area contributed by atoms with Crippen molar-refractivity contribution >= 4 is 11.8 Å². The van der Waals surface area contributed by atoms with Crippen molar-refractivity contribution in [2.45, 2.75) is 25.9 Å². The van der Waals surface area contributed by atoms with Gasteiger partial charge < -0.3 is 0 Å². The molecule has 96 valence electrons. The molecule has 4 nitrogen and oxygen atoms in total. The molecule has 1 fully saturated rings. The Labute approximate surface area is 105 Å². The Bertz CT molecular complexity index is 482. The van der Waals surface area contributed by atoms with Crippen LogP contribution in [0.15, 0.2) is 24.3 Å². The molecular weight excluding hydrogens is 235 g/mol. The minimum Gasteiger partial charge on any atom is -0.295 e. The van der Waals surface area contributed by atoms with Crippen LogP contribution in [0, 0.1) is 5.82 Å². The number of imide groups is 1. The van der Waals surface area contributed by atoms with E-state index in [1.54, 1.807) is 26.0 Å². The number of hydrogen-bond donors (Lipinski definition) is 1. The Morgan fingerprint density at radius 1 is 1.28 bits per heavy atom. The van der Waals surface area contributed by atoms with Gasteiger partial charge in [-0.2, -0.15) is 0 Å². The van der Waals surface area contributed by atoms with Crippen molar-refractivity contribution in [3.8, 4) is 0 Å². The van der Waals surface area contributed by atoms with Crippen LogP contribution in [-0.4, -0.2) is 28.8 Å². The average molecular weight is 250 g/mol. The first-order valence-corrected chi connectivity index (χ1v) is 5.74. The summed E-state index contributed by atoms with van der Waals surface area (Å²) >= 11 is 0. The summed E-state index contributed by atoms with van der Waals surface area (Å²) in [7, 11) is 0. The highest BCUT2D eigenvalue weighted by Crippen LogP contribution is 2.16. The molecule has 5 heteroatoms. The van der Waals surface area contributed by atoms with Gasteiger partial charge in [-0.15, -0.1) is 0 Å². The molecule has 1 aromatic rings. The molecule has 1 aliphatic rings. The van der Waals surface area contributed by atoms with Crippen LogP contribution in [0.4, 0.5) is 4.39 Å². The summed E-state index contributed by atoms with van der Waals surface area (Å²) in [4.78, 5) is 25.0. The summed E-state index contributed by atoms with van der Waals surface area (Å²) in [6.07, 6.45) is 0. The molecule has 0 aliphatic carbocycles. The number of piperazine rings is 1. The normalized spacial score (nSPS) is 19.2. The topological polar surface area (TPSA) is 49.4 Å². The molecule has 0 aromatic heterocycles. The van der Waals surface area contributed by atoms with Crippen LogP contribution in [0.25, 0.3) is 0 Å². The Morgan fingerprint density at radius 3 is 2.50 bits per heavy atom. The van der Waals surface area contributed by atoms with Crippen molar-refractivity contribution in [3.05, 3.63) is 35.6 Å². The third-order valence-electron chi connectivity index (χ3n) is 3.02. The molecule has 18 heavy (non-hydrogen) atoms. The molecule has 1 N–H and O–H groups in total. The van der Waals surface area contributed by atoms with Crippen molar-refractivity contribution < 1.29 is 14.0 Å². The highest BCUT2D eigenvalue weighted by molar-refractivity contribution is 6.02. The quantitative estimate of drug-likeness (QED) is 0.799. The lowest BCUT2D eigenvalue weighted by atomic mass is 10.00. The van der Waals surface area contributed by atoms with Crippen LogP contribution < -0.4 is 5.32 Å². The number of carbonyl (C=O) groups excluding carboxylic acids is 2. The van der Waals surface area contributed by atoms with Crippen molar-refractivity contribution in [1.29, 1.82) is 0 Å². The fourth-order valence-corrected chi connectivity index (χ4v) is 1.85. The summed E-state index contributed by atoms with van der Waals surface area (Å²) in [5.41, 5.74) is -0.00990. The van der Waals surface area contributed by atoms with E-state index < -0.39 is 5.54 Å². The van der Waals surface area contributed by atoms with Crippen molar-refractivity contribution in [3.63, 3.8) is 0 Å². The van der Waals surface area contributed by atoms with E-state index >= 15 is 0 Å². The molecule has 1 saturated heterocycles. The average Bonchev–Trinajstić information content (AvgIpc) is 2.33. The van der Waals surface area contributed by atoms with Gasteiger partial charge in [-0.05, 0) is 31.5 Å². The van der Waals surface area contributed by atoms with E-state index in [0.29, 0.717) is 0 Å². The molecule has 2 rings (SSSR count). The minimum atomic E-state index is -0.742. The van der Waals surface area contributed by atoms with Gasteiger partial charge in [0.1, 0.15) is 5.82 Å². The van der Waals surface area contributed by atoms with Gasteiger partial charge in [0.25, 0.3) is 0 Å². The zero-order valence-corrected chi connectivity index (χ0v) is 10.4. The molecule has 1 aromatic carbocycles. The Balaban J connectivity index is 2.18. The van der Waals surface area contributed by atoms with E-state index in [4.69, 9.17) is 0 Å². The van der Waals surface area contributed by atoms with Crippen LogP contribution in [0.5, 0.6) is 0 Å². The second-order valence-corrected chi connectivity index (χ2v) is 4.89. The van der Waals surface area contributed by atoms with Crippen molar-refractivity contribution in [1.82, 2.24) is 10.2 Å². The van der Waals surface area contributed by atoms with Crippen molar-refractivity contribution in [2.24, 2.45) is 0 Å². The minimum absolute atomic E-state index is 0.139. The lowest BCUT2D eigenvalue weighted by molar-refractivity contribution is -0.153. The maximum Gasteiger partial charge on any atom is 0.249 e. The molecular formula is C13H15FN2O2. The van der Waals surface area contributed by atoms with Gasteiger partial charge in [0.05, 0.1) is 18.6 Å². The lowest BCUT2D eigenvalue weighted by Crippen LogP contribution is -2.63. The number of rotatable bonds is 2. The largest absolute Gasteiger partial charge is 0.295 e.